The SMILES string of the molecule is CCc1nc(N)nc(Cc2ccccn2)n1. The molecule has 16 heavy (non-hydrogen) atoms. The molecule has 5 heteroatoms. The van der Waals surface area contributed by atoms with Crippen LogP contribution >= 0.6 is 0 Å². The first-order chi connectivity index (χ1) is 7.78. The lowest BCUT2D eigenvalue weighted by molar-refractivity contribution is 0.837. The fourth-order valence-corrected chi connectivity index (χ4v) is 1.39. The average Bonchev–Trinajstić information content (AvgIpc) is 2.29. The summed E-state index contributed by atoms with van der Waals surface area (Å²) in [6.45, 7) is 1.99. The zero-order chi connectivity index (χ0) is 11.4. The highest BCUT2D eigenvalue weighted by Crippen LogP contribution is 2.04. The number of nitrogen functional groups attached to an aromatic ring is 1. The van der Waals surface area contributed by atoms with E-state index in [0.29, 0.717) is 12.2 Å². The molecule has 0 unspecified atom stereocenters. The van der Waals surface area contributed by atoms with Crippen LogP contribution in [0.1, 0.15) is 24.3 Å². The van der Waals surface area contributed by atoms with Crippen molar-refractivity contribution in [3.63, 3.8) is 0 Å². The predicted molar refractivity (Wildman–Crippen MR) is 60.7 cm³/mol. The Kier molecular flexibility index (Phi) is 3.05. The van der Waals surface area contributed by atoms with Crippen molar-refractivity contribution >= 4 is 5.95 Å². The Hall–Kier alpha value is -2.04. The van der Waals surface area contributed by atoms with Crippen LogP contribution in [0.2, 0.25) is 0 Å². The molecule has 0 amide bonds. The van der Waals surface area contributed by atoms with Gasteiger partial charge in [-0.1, -0.05) is 13.0 Å². The van der Waals surface area contributed by atoms with E-state index in [4.69, 9.17) is 5.73 Å². The number of aryl methyl sites for hydroxylation is 1. The molecule has 0 saturated carbocycles. The third-order valence-corrected chi connectivity index (χ3v) is 2.13. The van der Waals surface area contributed by atoms with Crippen LogP contribution in [0.4, 0.5) is 5.95 Å². The smallest absolute Gasteiger partial charge is 0.223 e. The maximum absolute atomic E-state index is 5.61. The molecule has 5 nitrogen and oxygen atoms in total. The van der Waals surface area contributed by atoms with Crippen LogP contribution in [-0.4, -0.2) is 19.9 Å². The molecule has 0 aromatic carbocycles. The Morgan fingerprint density at radius 2 is 1.94 bits per heavy atom. The number of pyridine rings is 1. The van der Waals surface area contributed by atoms with Crippen molar-refractivity contribution in [2.24, 2.45) is 0 Å². The average molecular weight is 215 g/mol. The van der Waals surface area contributed by atoms with Gasteiger partial charge in [0.25, 0.3) is 0 Å². The normalized spacial score (nSPS) is 10.3. The minimum atomic E-state index is 0.276. The minimum Gasteiger partial charge on any atom is -0.368 e. The molecule has 0 atom stereocenters. The molecule has 2 N–H and O–H groups in total. The van der Waals surface area contributed by atoms with Gasteiger partial charge in [0.15, 0.2) is 0 Å². The number of anilines is 1. The van der Waals surface area contributed by atoms with E-state index in [9.17, 15) is 0 Å². The highest BCUT2D eigenvalue weighted by atomic mass is 15.1. The number of hydrogen-bond acceptors (Lipinski definition) is 5. The summed E-state index contributed by atoms with van der Waals surface area (Å²) in [4.78, 5) is 16.6. The van der Waals surface area contributed by atoms with Gasteiger partial charge < -0.3 is 5.73 Å². The van der Waals surface area contributed by atoms with E-state index in [1.54, 1.807) is 6.20 Å². The van der Waals surface area contributed by atoms with Gasteiger partial charge in [-0.05, 0) is 12.1 Å². The largest absolute Gasteiger partial charge is 0.368 e. The van der Waals surface area contributed by atoms with Crippen molar-refractivity contribution in [1.82, 2.24) is 19.9 Å². The molecule has 0 aliphatic heterocycles. The quantitative estimate of drug-likeness (QED) is 0.826. The van der Waals surface area contributed by atoms with Gasteiger partial charge in [0.2, 0.25) is 5.95 Å². The molecule has 0 saturated heterocycles. The monoisotopic (exact) mass is 215 g/mol. The van der Waals surface area contributed by atoms with Gasteiger partial charge in [-0.15, -0.1) is 0 Å². The lowest BCUT2D eigenvalue weighted by Crippen LogP contribution is -2.07. The van der Waals surface area contributed by atoms with E-state index in [1.807, 2.05) is 25.1 Å². The molecule has 0 spiro atoms. The molecular weight excluding hydrogens is 202 g/mol. The minimum absolute atomic E-state index is 0.276. The summed E-state index contributed by atoms with van der Waals surface area (Å²) in [5.74, 6) is 1.67. The Morgan fingerprint density at radius 3 is 2.62 bits per heavy atom. The van der Waals surface area contributed by atoms with Crippen LogP contribution in [0.5, 0.6) is 0 Å². The molecule has 0 bridgehead atoms. The molecule has 2 heterocycles. The molecule has 0 radical (unpaired) electrons. The standard InChI is InChI=1S/C11H13N5/c1-2-9-14-10(16-11(12)15-9)7-8-5-3-4-6-13-8/h3-6H,2,7H2,1H3,(H2,12,14,15,16). The van der Waals surface area contributed by atoms with Crippen molar-refractivity contribution in [1.29, 1.82) is 0 Å². The molecule has 2 aromatic rings. The summed E-state index contributed by atoms with van der Waals surface area (Å²) in [6, 6.07) is 5.75. The number of hydrogen-bond donors (Lipinski definition) is 1. The number of nitrogens with two attached hydrogens (primary N) is 1. The van der Waals surface area contributed by atoms with E-state index in [2.05, 4.69) is 19.9 Å². The number of nitrogens with zero attached hydrogens (tertiary/aromatic N) is 4. The first-order valence-corrected chi connectivity index (χ1v) is 5.17. The summed E-state index contributed by atoms with van der Waals surface area (Å²) in [6.07, 6.45) is 3.09. The van der Waals surface area contributed by atoms with Gasteiger partial charge in [0.1, 0.15) is 11.6 Å². The Bertz CT molecular complexity index is 469. The lowest BCUT2D eigenvalue weighted by Gasteiger charge is -2.02. The Labute approximate surface area is 93.8 Å². The molecule has 82 valence electrons. The van der Waals surface area contributed by atoms with E-state index >= 15 is 0 Å². The fraction of sp³-hybridized carbons (Fsp3) is 0.273. The van der Waals surface area contributed by atoms with Crippen LogP contribution in [0.3, 0.4) is 0 Å². The summed E-state index contributed by atoms with van der Waals surface area (Å²) in [5.41, 5.74) is 6.53. The van der Waals surface area contributed by atoms with Crippen molar-refractivity contribution in [2.75, 3.05) is 5.73 Å². The molecular formula is C11H13N5. The van der Waals surface area contributed by atoms with E-state index in [-0.39, 0.29) is 5.95 Å². The van der Waals surface area contributed by atoms with Crippen LogP contribution < -0.4 is 5.73 Å². The van der Waals surface area contributed by atoms with Gasteiger partial charge in [-0.25, -0.2) is 4.98 Å². The van der Waals surface area contributed by atoms with Gasteiger partial charge in [0, 0.05) is 18.3 Å². The summed E-state index contributed by atoms with van der Waals surface area (Å²) in [5, 5.41) is 0. The van der Waals surface area contributed by atoms with Gasteiger partial charge >= 0.3 is 0 Å². The van der Waals surface area contributed by atoms with Crippen LogP contribution in [0.25, 0.3) is 0 Å². The first kappa shape index (κ1) is 10.5. The molecule has 0 aliphatic rings. The van der Waals surface area contributed by atoms with Crippen LogP contribution in [0, 0.1) is 0 Å². The second kappa shape index (κ2) is 4.65. The van der Waals surface area contributed by atoms with Crippen molar-refractivity contribution in [2.45, 2.75) is 19.8 Å². The summed E-state index contributed by atoms with van der Waals surface area (Å²) in [7, 11) is 0. The first-order valence-electron chi connectivity index (χ1n) is 5.17. The highest BCUT2D eigenvalue weighted by molar-refractivity contribution is 5.18. The molecule has 0 aliphatic carbocycles. The Balaban J connectivity index is 2.24. The second-order valence-corrected chi connectivity index (χ2v) is 3.38. The third-order valence-electron chi connectivity index (χ3n) is 2.13. The zero-order valence-corrected chi connectivity index (χ0v) is 9.09. The summed E-state index contributed by atoms with van der Waals surface area (Å²) < 4.78 is 0. The zero-order valence-electron chi connectivity index (χ0n) is 9.09. The maximum atomic E-state index is 5.61. The van der Waals surface area contributed by atoms with Crippen molar-refractivity contribution in [3.05, 3.63) is 41.7 Å². The van der Waals surface area contributed by atoms with Crippen LogP contribution in [-0.2, 0) is 12.8 Å². The molecule has 2 rings (SSSR count). The van der Waals surface area contributed by atoms with Crippen molar-refractivity contribution < 1.29 is 0 Å². The second-order valence-electron chi connectivity index (χ2n) is 3.38. The summed E-state index contributed by atoms with van der Waals surface area (Å²) >= 11 is 0. The van der Waals surface area contributed by atoms with Gasteiger partial charge in [-0.2, -0.15) is 9.97 Å². The van der Waals surface area contributed by atoms with Crippen LogP contribution in [0.15, 0.2) is 24.4 Å². The van der Waals surface area contributed by atoms with Gasteiger partial charge in [-0.3, -0.25) is 4.98 Å². The molecule has 0 fully saturated rings. The van der Waals surface area contributed by atoms with Crippen molar-refractivity contribution in [3.8, 4) is 0 Å². The maximum Gasteiger partial charge on any atom is 0.223 e. The van der Waals surface area contributed by atoms with E-state index in [1.165, 1.54) is 0 Å². The number of rotatable bonds is 3. The fourth-order valence-electron chi connectivity index (χ4n) is 1.39. The topological polar surface area (TPSA) is 77.6 Å². The Morgan fingerprint density at radius 1 is 1.12 bits per heavy atom. The van der Waals surface area contributed by atoms with E-state index in [0.717, 1.165) is 17.9 Å². The number of aromatic nitrogens is 4. The molecule has 2 aromatic heterocycles. The lowest BCUT2D eigenvalue weighted by atomic mass is 10.2. The third kappa shape index (κ3) is 2.50. The van der Waals surface area contributed by atoms with Gasteiger partial charge in [0.05, 0.1) is 6.42 Å². The predicted octanol–water partition coefficient (Wildman–Crippen LogP) is 1.00. The van der Waals surface area contributed by atoms with E-state index < -0.39 is 0 Å². The highest BCUT2D eigenvalue weighted by Gasteiger charge is 2.04.